The number of anilines is 3. The summed E-state index contributed by atoms with van der Waals surface area (Å²) in [4.78, 5) is 7.92. The first-order valence-corrected chi connectivity index (χ1v) is 6.34. The number of aromatic nitrogens is 2. The molecule has 20 heavy (non-hydrogen) atoms. The molecule has 0 spiro atoms. The highest BCUT2D eigenvalue weighted by molar-refractivity contribution is 6.30. The number of rotatable bonds is 4. The molecule has 0 unspecified atom stereocenters. The van der Waals surface area contributed by atoms with Crippen LogP contribution in [0.25, 0.3) is 0 Å². The zero-order chi connectivity index (χ0) is 14.7. The smallest absolute Gasteiger partial charge is 0.242 e. The van der Waals surface area contributed by atoms with Crippen molar-refractivity contribution in [1.82, 2.24) is 9.97 Å². The largest absolute Gasteiger partial charge is 0.473 e. The van der Waals surface area contributed by atoms with E-state index in [1.807, 2.05) is 13.8 Å². The Morgan fingerprint density at radius 2 is 2.10 bits per heavy atom. The van der Waals surface area contributed by atoms with E-state index in [0.717, 1.165) is 0 Å². The Morgan fingerprint density at radius 1 is 1.35 bits per heavy atom. The Balaban J connectivity index is 2.29. The molecule has 106 valence electrons. The lowest BCUT2D eigenvalue weighted by Gasteiger charge is -2.14. The van der Waals surface area contributed by atoms with Gasteiger partial charge < -0.3 is 15.8 Å². The molecule has 0 bridgehead atoms. The number of nitrogen functional groups attached to an aromatic ring is 1. The molecule has 0 aliphatic rings. The van der Waals surface area contributed by atoms with Gasteiger partial charge in [0.15, 0.2) is 5.82 Å². The molecular formula is C13H14ClFN4O. The van der Waals surface area contributed by atoms with Gasteiger partial charge in [-0.3, -0.25) is 0 Å². The quantitative estimate of drug-likeness (QED) is 0.905. The van der Waals surface area contributed by atoms with Gasteiger partial charge in [-0.25, -0.2) is 9.37 Å². The molecule has 3 N–H and O–H groups in total. The molecule has 1 heterocycles. The van der Waals surface area contributed by atoms with Crippen LogP contribution in [0.1, 0.15) is 13.8 Å². The maximum Gasteiger partial charge on any atom is 0.242 e. The monoisotopic (exact) mass is 296 g/mol. The van der Waals surface area contributed by atoms with E-state index in [2.05, 4.69) is 15.3 Å². The van der Waals surface area contributed by atoms with Crippen molar-refractivity contribution < 1.29 is 9.13 Å². The first kappa shape index (κ1) is 14.3. The van der Waals surface area contributed by atoms with Gasteiger partial charge in [-0.05, 0) is 32.0 Å². The highest BCUT2D eigenvalue weighted by atomic mass is 35.5. The van der Waals surface area contributed by atoms with Crippen molar-refractivity contribution >= 4 is 28.8 Å². The van der Waals surface area contributed by atoms with E-state index in [0.29, 0.717) is 5.02 Å². The number of nitrogens with zero attached hydrogens (tertiary/aromatic N) is 2. The molecule has 0 radical (unpaired) electrons. The standard InChI is InChI=1S/C13H14ClFN4O/c1-7(2)20-13-11(16)12(17-6-18-13)19-10-4-3-8(14)5-9(10)15/h3-7H,16H2,1-2H3,(H,17,18,19). The van der Waals surface area contributed by atoms with Crippen molar-refractivity contribution in [2.45, 2.75) is 20.0 Å². The molecular weight excluding hydrogens is 283 g/mol. The van der Waals surface area contributed by atoms with E-state index in [9.17, 15) is 4.39 Å². The van der Waals surface area contributed by atoms with Crippen LogP contribution in [0.4, 0.5) is 21.6 Å². The maximum absolute atomic E-state index is 13.7. The van der Waals surface area contributed by atoms with Crippen LogP contribution in [0.15, 0.2) is 24.5 Å². The number of halogens is 2. The molecule has 0 amide bonds. The van der Waals surface area contributed by atoms with Crippen molar-refractivity contribution in [3.8, 4) is 5.88 Å². The average Bonchev–Trinajstić information content (AvgIpc) is 2.36. The van der Waals surface area contributed by atoms with Crippen molar-refractivity contribution in [3.63, 3.8) is 0 Å². The van der Waals surface area contributed by atoms with E-state index in [4.69, 9.17) is 22.1 Å². The molecule has 2 rings (SSSR count). The lowest BCUT2D eigenvalue weighted by atomic mass is 10.3. The van der Waals surface area contributed by atoms with Gasteiger partial charge in [0, 0.05) is 5.02 Å². The summed E-state index contributed by atoms with van der Waals surface area (Å²) in [6.07, 6.45) is 1.22. The molecule has 7 heteroatoms. The summed E-state index contributed by atoms with van der Waals surface area (Å²) in [6.45, 7) is 3.71. The summed E-state index contributed by atoms with van der Waals surface area (Å²) < 4.78 is 19.2. The number of hydrogen-bond donors (Lipinski definition) is 2. The van der Waals surface area contributed by atoms with Gasteiger partial charge in [-0.1, -0.05) is 11.6 Å². The molecule has 0 aliphatic heterocycles. The van der Waals surface area contributed by atoms with Gasteiger partial charge in [-0.2, -0.15) is 4.98 Å². The van der Waals surface area contributed by atoms with Crippen LogP contribution < -0.4 is 15.8 Å². The number of benzene rings is 1. The Morgan fingerprint density at radius 3 is 2.75 bits per heavy atom. The topological polar surface area (TPSA) is 73.1 Å². The number of nitrogens with two attached hydrogens (primary N) is 1. The van der Waals surface area contributed by atoms with Crippen molar-refractivity contribution in [3.05, 3.63) is 35.4 Å². The average molecular weight is 297 g/mol. The first-order chi connectivity index (χ1) is 9.47. The van der Waals surface area contributed by atoms with Crippen LogP contribution in [0, 0.1) is 5.82 Å². The minimum absolute atomic E-state index is 0.0766. The van der Waals surface area contributed by atoms with E-state index in [1.54, 1.807) is 6.07 Å². The Hall–Kier alpha value is -2.08. The molecule has 1 aromatic heterocycles. The van der Waals surface area contributed by atoms with Gasteiger partial charge >= 0.3 is 0 Å². The highest BCUT2D eigenvalue weighted by Gasteiger charge is 2.12. The van der Waals surface area contributed by atoms with Crippen LogP contribution >= 0.6 is 11.6 Å². The summed E-state index contributed by atoms with van der Waals surface area (Å²) in [5.41, 5.74) is 6.33. The molecule has 0 atom stereocenters. The zero-order valence-electron chi connectivity index (χ0n) is 11.0. The summed E-state index contributed by atoms with van der Waals surface area (Å²) in [7, 11) is 0. The summed E-state index contributed by atoms with van der Waals surface area (Å²) in [6, 6.07) is 4.27. The SMILES string of the molecule is CC(C)Oc1ncnc(Nc2ccc(Cl)cc2F)c1N. The van der Waals surface area contributed by atoms with Crippen molar-refractivity contribution in [2.75, 3.05) is 11.1 Å². The Bertz CT molecular complexity index is 621. The van der Waals surface area contributed by atoms with E-state index in [1.165, 1.54) is 18.5 Å². The third kappa shape index (κ3) is 3.27. The minimum atomic E-state index is -0.498. The van der Waals surface area contributed by atoms with Crippen LogP contribution in [-0.4, -0.2) is 16.1 Å². The predicted molar refractivity (Wildman–Crippen MR) is 76.9 cm³/mol. The molecule has 0 fully saturated rings. The third-order valence-corrected chi connectivity index (χ3v) is 2.61. The van der Waals surface area contributed by atoms with Crippen LogP contribution in [0.2, 0.25) is 5.02 Å². The second-order valence-corrected chi connectivity index (χ2v) is 4.79. The number of nitrogens with one attached hydrogen (secondary N) is 1. The number of ether oxygens (including phenoxy) is 1. The Labute approximate surface area is 120 Å². The summed E-state index contributed by atoms with van der Waals surface area (Å²) in [5.74, 6) is 0.0329. The second-order valence-electron chi connectivity index (χ2n) is 4.36. The van der Waals surface area contributed by atoms with Gasteiger partial charge in [0.25, 0.3) is 0 Å². The molecule has 0 saturated heterocycles. The van der Waals surface area contributed by atoms with Gasteiger partial charge in [0.1, 0.15) is 17.8 Å². The lowest BCUT2D eigenvalue weighted by Crippen LogP contribution is -2.11. The van der Waals surface area contributed by atoms with Crippen molar-refractivity contribution in [1.29, 1.82) is 0 Å². The van der Waals surface area contributed by atoms with E-state index in [-0.39, 0.29) is 29.2 Å². The van der Waals surface area contributed by atoms with Crippen LogP contribution in [0.3, 0.4) is 0 Å². The fourth-order valence-corrected chi connectivity index (χ4v) is 1.67. The van der Waals surface area contributed by atoms with Gasteiger partial charge in [-0.15, -0.1) is 0 Å². The fourth-order valence-electron chi connectivity index (χ4n) is 1.51. The van der Waals surface area contributed by atoms with Gasteiger partial charge in [0.2, 0.25) is 5.88 Å². The number of hydrogen-bond acceptors (Lipinski definition) is 5. The highest BCUT2D eigenvalue weighted by Crippen LogP contribution is 2.29. The van der Waals surface area contributed by atoms with Crippen molar-refractivity contribution in [2.24, 2.45) is 0 Å². The lowest BCUT2D eigenvalue weighted by molar-refractivity contribution is 0.234. The van der Waals surface area contributed by atoms with Gasteiger partial charge in [0.05, 0.1) is 11.8 Å². The van der Waals surface area contributed by atoms with E-state index < -0.39 is 5.82 Å². The third-order valence-electron chi connectivity index (χ3n) is 2.38. The molecule has 0 saturated carbocycles. The Kier molecular flexibility index (Phi) is 4.24. The predicted octanol–water partition coefficient (Wildman–Crippen LogP) is 3.38. The zero-order valence-corrected chi connectivity index (χ0v) is 11.8. The molecule has 0 aliphatic carbocycles. The summed E-state index contributed by atoms with van der Waals surface area (Å²) >= 11 is 5.70. The van der Waals surface area contributed by atoms with Crippen LogP contribution in [-0.2, 0) is 0 Å². The molecule has 1 aromatic carbocycles. The van der Waals surface area contributed by atoms with Crippen LogP contribution in [0.5, 0.6) is 5.88 Å². The normalized spacial score (nSPS) is 10.7. The molecule has 2 aromatic rings. The molecule has 5 nitrogen and oxygen atoms in total. The van der Waals surface area contributed by atoms with E-state index >= 15 is 0 Å². The maximum atomic E-state index is 13.7. The fraction of sp³-hybridized carbons (Fsp3) is 0.231. The first-order valence-electron chi connectivity index (χ1n) is 5.96. The minimum Gasteiger partial charge on any atom is -0.473 e. The second kappa shape index (κ2) is 5.92. The summed E-state index contributed by atoms with van der Waals surface area (Å²) in [5, 5.41) is 3.10.